The van der Waals surface area contributed by atoms with E-state index in [2.05, 4.69) is 9.88 Å². The number of thiazole rings is 1. The minimum Gasteiger partial charge on any atom is -0.348 e. The molecule has 0 radical (unpaired) electrons. The van der Waals surface area contributed by atoms with E-state index in [9.17, 15) is 10.1 Å². The lowest BCUT2D eigenvalue weighted by Gasteiger charge is -2.13. The number of rotatable bonds is 3. The number of nitro groups is 1. The fourth-order valence-electron chi connectivity index (χ4n) is 1.69. The van der Waals surface area contributed by atoms with Crippen molar-refractivity contribution in [1.82, 2.24) is 4.98 Å². The first-order chi connectivity index (χ1) is 7.20. The van der Waals surface area contributed by atoms with E-state index in [1.165, 1.54) is 6.20 Å². The molecule has 1 aliphatic rings. The van der Waals surface area contributed by atoms with Gasteiger partial charge in [0, 0.05) is 13.1 Å². The molecule has 7 heteroatoms. The van der Waals surface area contributed by atoms with Gasteiger partial charge in [-0.2, -0.15) is 0 Å². The second-order valence-corrected chi connectivity index (χ2v) is 4.56. The molecule has 2 N–H and O–H groups in total. The Hall–Kier alpha value is -1.21. The molecule has 0 aliphatic carbocycles. The standard InChI is InChI=1S/C8H12N4O2S/c9-3-6-1-2-11(5-6)8-10-4-7(15-8)12(13)14/h4,6H,1-3,5,9H2. The van der Waals surface area contributed by atoms with Crippen molar-refractivity contribution < 1.29 is 4.92 Å². The van der Waals surface area contributed by atoms with Crippen LogP contribution in [-0.2, 0) is 0 Å². The van der Waals surface area contributed by atoms with Crippen LogP contribution in [0.3, 0.4) is 0 Å². The Balaban J connectivity index is 2.07. The summed E-state index contributed by atoms with van der Waals surface area (Å²) in [6.45, 7) is 2.43. The maximum absolute atomic E-state index is 10.5. The van der Waals surface area contributed by atoms with Crippen LogP contribution in [0.2, 0.25) is 0 Å². The van der Waals surface area contributed by atoms with Crippen molar-refractivity contribution in [2.75, 3.05) is 24.5 Å². The van der Waals surface area contributed by atoms with E-state index in [4.69, 9.17) is 5.73 Å². The number of nitrogens with zero attached hydrogens (tertiary/aromatic N) is 3. The summed E-state index contributed by atoms with van der Waals surface area (Å²) < 4.78 is 0. The van der Waals surface area contributed by atoms with Crippen molar-refractivity contribution in [2.24, 2.45) is 11.7 Å². The molecule has 2 rings (SSSR count). The normalized spacial score (nSPS) is 20.9. The summed E-state index contributed by atoms with van der Waals surface area (Å²) in [5.74, 6) is 0.493. The van der Waals surface area contributed by atoms with Crippen LogP contribution in [0.15, 0.2) is 6.20 Å². The van der Waals surface area contributed by atoms with Crippen LogP contribution in [0, 0.1) is 16.0 Å². The minimum absolute atomic E-state index is 0.0983. The van der Waals surface area contributed by atoms with Crippen LogP contribution < -0.4 is 10.6 Å². The van der Waals surface area contributed by atoms with Gasteiger partial charge in [0.15, 0.2) is 5.13 Å². The topological polar surface area (TPSA) is 85.3 Å². The quantitative estimate of drug-likeness (QED) is 0.612. The fourth-order valence-corrected chi connectivity index (χ4v) is 2.45. The highest BCUT2D eigenvalue weighted by Crippen LogP contribution is 2.31. The van der Waals surface area contributed by atoms with Crippen LogP contribution >= 0.6 is 11.3 Å². The Labute approximate surface area is 90.9 Å². The molecular formula is C8H12N4O2S. The smallest absolute Gasteiger partial charge is 0.345 e. The van der Waals surface area contributed by atoms with Gasteiger partial charge in [-0.15, -0.1) is 0 Å². The largest absolute Gasteiger partial charge is 0.348 e. The first kappa shape index (κ1) is 10.3. The number of aromatic nitrogens is 1. The van der Waals surface area contributed by atoms with Crippen LogP contribution in [0.25, 0.3) is 0 Å². The van der Waals surface area contributed by atoms with E-state index >= 15 is 0 Å². The number of anilines is 1. The highest BCUT2D eigenvalue weighted by molar-refractivity contribution is 7.18. The van der Waals surface area contributed by atoms with Crippen molar-refractivity contribution >= 4 is 21.5 Å². The number of hydrogen-bond donors (Lipinski definition) is 1. The average Bonchev–Trinajstić information content (AvgIpc) is 2.86. The molecule has 1 atom stereocenters. The van der Waals surface area contributed by atoms with Gasteiger partial charge in [0.05, 0.1) is 4.92 Å². The molecule has 1 saturated heterocycles. The monoisotopic (exact) mass is 228 g/mol. The molecular weight excluding hydrogens is 216 g/mol. The van der Waals surface area contributed by atoms with Crippen molar-refractivity contribution in [3.63, 3.8) is 0 Å². The zero-order valence-electron chi connectivity index (χ0n) is 8.13. The van der Waals surface area contributed by atoms with Crippen molar-refractivity contribution in [2.45, 2.75) is 6.42 Å². The van der Waals surface area contributed by atoms with Gasteiger partial charge < -0.3 is 10.6 Å². The van der Waals surface area contributed by atoms with E-state index < -0.39 is 4.92 Å². The molecule has 1 fully saturated rings. The number of hydrogen-bond acceptors (Lipinski definition) is 6. The molecule has 0 spiro atoms. The van der Waals surface area contributed by atoms with Gasteiger partial charge in [-0.1, -0.05) is 0 Å². The Morgan fingerprint density at radius 2 is 2.60 bits per heavy atom. The van der Waals surface area contributed by atoms with E-state index in [-0.39, 0.29) is 5.00 Å². The Morgan fingerprint density at radius 1 is 1.80 bits per heavy atom. The predicted octanol–water partition coefficient (Wildman–Crippen LogP) is 0.836. The zero-order valence-corrected chi connectivity index (χ0v) is 8.94. The molecule has 2 heterocycles. The molecule has 0 amide bonds. The van der Waals surface area contributed by atoms with Gasteiger partial charge in [0.2, 0.25) is 0 Å². The van der Waals surface area contributed by atoms with Gasteiger partial charge in [-0.25, -0.2) is 4.98 Å². The summed E-state index contributed by atoms with van der Waals surface area (Å²) in [4.78, 5) is 16.2. The Morgan fingerprint density at radius 3 is 3.13 bits per heavy atom. The van der Waals surface area contributed by atoms with Gasteiger partial charge in [0.25, 0.3) is 0 Å². The lowest BCUT2D eigenvalue weighted by atomic mass is 10.1. The summed E-state index contributed by atoms with van der Waals surface area (Å²) in [5.41, 5.74) is 5.58. The van der Waals surface area contributed by atoms with E-state index in [0.717, 1.165) is 36.0 Å². The summed E-state index contributed by atoms with van der Waals surface area (Å²) in [6.07, 6.45) is 2.36. The second-order valence-electron chi connectivity index (χ2n) is 3.57. The van der Waals surface area contributed by atoms with Crippen LogP contribution in [0.5, 0.6) is 0 Å². The predicted molar refractivity (Wildman–Crippen MR) is 58.1 cm³/mol. The molecule has 0 aromatic carbocycles. The zero-order chi connectivity index (χ0) is 10.8. The first-order valence-corrected chi connectivity index (χ1v) is 5.57. The van der Waals surface area contributed by atoms with E-state index in [1.807, 2.05) is 0 Å². The highest BCUT2D eigenvalue weighted by Gasteiger charge is 2.25. The van der Waals surface area contributed by atoms with Crippen molar-refractivity contribution in [1.29, 1.82) is 0 Å². The van der Waals surface area contributed by atoms with Crippen LogP contribution in [0.4, 0.5) is 10.1 Å². The summed E-state index contributed by atoms with van der Waals surface area (Å²) in [5, 5.41) is 11.3. The molecule has 0 saturated carbocycles. The number of nitrogens with two attached hydrogens (primary N) is 1. The summed E-state index contributed by atoms with van der Waals surface area (Å²) >= 11 is 1.13. The SMILES string of the molecule is NCC1CCN(c2ncc([N+](=O)[O-])s2)C1. The molecule has 1 unspecified atom stereocenters. The van der Waals surface area contributed by atoms with Gasteiger partial charge in [-0.3, -0.25) is 10.1 Å². The van der Waals surface area contributed by atoms with Crippen LogP contribution in [0.1, 0.15) is 6.42 Å². The molecule has 1 aromatic heterocycles. The lowest BCUT2D eigenvalue weighted by Crippen LogP contribution is -2.22. The van der Waals surface area contributed by atoms with E-state index in [1.54, 1.807) is 0 Å². The summed E-state index contributed by atoms with van der Waals surface area (Å²) in [6, 6.07) is 0. The minimum atomic E-state index is -0.405. The van der Waals surface area contributed by atoms with Gasteiger partial charge in [-0.05, 0) is 30.2 Å². The third-order valence-corrected chi connectivity index (χ3v) is 3.56. The highest BCUT2D eigenvalue weighted by atomic mass is 32.1. The average molecular weight is 228 g/mol. The third-order valence-electron chi connectivity index (χ3n) is 2.55. The molecule has 0 bridgehead atoms. The molecule has 1 aliphatic heterocycles. The molecule has 1 aromatic rings. The maximum atomic E-state index is 10.5. The summed E-state index contributed by atoms with van der Waals surface area (Å²) in [7, 11) is 0. The third kappa shape index (κ3) is 2.07. The van der Waals surface area contributed by atoms with Crippen molar-refractivity contribution in [3.8, 4) is 0 Å². The van der Waals surface area contributed by atoms with Crippen molar-refractivity contribution in [3.05, 3.63) is 16.3 Å². The van der Waals surface area contributed by atoms with E-state index in [0.29, 0.717) is 12.5 Å². The maximum Gasteiger partial charge on any atom is 0.345 e. The second kappa shape index (κ2) is 4.11. The molecule has 82 valence electrons. The van der Waals surface area contributed by atoms with Crippen LogP contribution in [-0.4, -0.2) is 29.5 Å². The lowest BCUT2D eigenvalue weighted by molar-refractivity contribution is -0.380. The van der Waals surface area contributed by atoms with Gasteiger partial charge in [0.1, 0.15) is 6.20 Å². The fraction of sp³-hybridized carbons (Fsp3) is 0.625. The molecule has 15 heavy (non-hydrogen) atoms. The first-order valence-electron chi connectivity index (χ1n) is 4.76. The Kier molecular flexibility index (Phi) is 2.83. The Bertz CT molecular complexity index is 367. The molecule has 6 nitrogen and oxygen atoms in total. The van der Waals surface area contributed by atoms with Gasteiger partial charge >= 0.3 is 5.00 Å².